The van der Waals surface area contributed by atoms with Gasteiger partial charge in [0.25, 0.3) is 0 Å². The lowest BCUT2D eigenvalue weighted by atomic mass is 11.3. The van der Waals surface area contributed by atoms with E-state index in [1.54, 1.807) is 11.0 Å². The number of rotatable bonds is 0. The molecule has 5 nitrogen and oxygen atoms in total. The van der Waals surface area contributed by atoms with Crippen LogP contribution in [-0.2, 0) is 0 Å². The first-order chi connectivity index (χ1) is 5.79. The lowest BCUT2D eigenvalue weighted by Crippen LogP contribution is -1.79. The third-order valence-corrected chi connectivity index (χ3v) is 2.43. The van der Waals surface area contributed by atoms with Crippen molar-refractivity contribution in [3.63, 3.8) is 0 Å². The van der Waals surface area contributed by atoms with Crippen molar-refractivity contribution in [2.24, 2.45) is 0 Å². The quantitative estimate of drug-likeness (QED) is 0.780. The number of aromatic nitrogens is 4. The molecule has 2 aromatic rings. The Labute approximate surface area is 84.8 Å². The predicted octanol–water partition coefficient (Wildman–Crippen LogP) is 1.42. The SMILES string of the molecule is Brc1nncs1.Nc1nncs1. The Morgan fingerprint density at radius 2 is 1.83 bits per heavy atom. The molecule has 0 bridgehead atoms. The summed E-state index contributed by atoms with van der Waals surface area (Å²) in [7, 11) is 0. The second-order valence-electron chi connectivity index (χ2n) is 1.47. The van der Waals surface area contributed by atoms with Crippen molar-refractivity contribution in [1.29, 1.82) is 0 Å². The van der Waals surface area contributed by atoms with Crippen LogP contribution in [0.1, 0.15) is 0 Å². The molecule has 0 aromatic carbocycles. The zero-order chi connectivity index (χ0) is 8.81. The monoisotopic (exact) mass is 265 g/mol. The molecule has 8 heteroatoms. The van der Waals surface area contributed by atoms with Gasteiger partial charge >= 0.3 is 0 Å². The Hall–Kier alpha value is -0.600. The van der Waals surface area contributed by atoms with Crippen LogP contribution in [0.5, 0.6) is 0 Å². The predicted molar refractivity (Wildman–Crippen MR) is 51.9 cm³/mol. The zero-order valence-corrected chi connectivity index (χ0v) is 8.93. The standard InChI is InChI=1S/C2HBrN2S.C2H3N3S/c2*3-2-5-4-1-6-2/h1H;1H,(H2,3,5). The van der Waals surface area contributed by atoms with Gasteiger partial charge in [-0.3, -0.25) is 0 Å². The van der Waals surface area contributed by atoms with E-state index in [-0.39, 0.29) is 0 Å². The smallest absolute Gasteiger partial charge is 0.202 e. The third kappa shape index (κ3) is 3.69. The van der Waals surface area contributed by atoms with E-state index in [0.717, 1.165) is 3.92 Å². The molecular formula is C4H4BrN5S2. The van der Waals surface area contributed by atoms with Crippen LogP contribution < -0.4 is 5.73 Å². The van der Waals surface area contributed by atoms with Gasteiger partial charge in [0.15, 0.2) is 3.92 Å². The zero-order valence-electron chi connectivity index (χ0n) is 5.72. The molecule has 0 fully saturated rings. The second kappa shape index (κ2) is 5.12. The molecule has 0 aliphatic heterocycles. The summed E-state index contributed by atoms with van der Waals surface area (Å²) in [5.41, 5.74) is 8.39. The maximum atomic E-state index is 5.12. The van der Waals surface area contributed by atoms with Crippen LogP contribution >= 0.6 is 38.6 Å². The van der Waals surface area contributed by atoms with Gasteiger partial charge in [0.1, 0.15) is 11.0 Å². The topological polar surface area (TPSA) is 77.6 Å². The molecule has 0 spiro atoms. The van der Waals surface area contributed by atoms with E-state index in [9.17, 15) is 0 Å². The molecule has 0 aliphatic rings. The number of nitrogen functional groups attached to an aromatic ring is 1. The molecule has 2 aromatic heterocycles. The molecule has 0 aliphatic carbocycles. The first kappa shape index (κ1) is 9.49. The molecule has 12 heavy (non-hydrogen) atoms. The Balaban J connectivity index is 0.000000120. The van der Waals surface area contributed by atoms with Gasteiger partial charge in [-0.05, 0) is 15.9 Å². The van der Waals surface area contributed by atoms with Crippen molar-refractivity contribution in [3.05, 3.63) is 14.9 Å². The summed E-state index contributed by atoms with van der Waals surface area (Å²) in [6, 6.07) is 0. The van der Waals surface area contributed by atoms with Crippen LogP contribution in [0, 0.1) is 0 Å². The first-order valence-electron chi connectivity index (χ1n) is 2.72. The molecular weight excluding hydrogens is 262 g/mol. The maximum absolute atomic E-state index is 5.12. The van der Waals surface area contributed by atoms with E-state index in [2.05, 4.69) is 36.3 Å². The van der Waals surface area contributed by atoms with Crippen LogP contribution in [0.2, 0.25) is 0 Å². The van der Waals surface area contributed by atoms with Gasteiger partial charge in [-0.15, -0.1) is 20.4 Å². The summed E-state index contributed by atoms with van der Waals surface area (Å²) in [4.78, 5) is 0. The van der Waals surface area contributed by atoms with Crippen LogP contribution in [0.25, 0.3) is 0 Å². The molecule has 2 heterocycles. The molecule has 0 unspecified atom stereocenters. The number of anilines is 1. The molecule has 0 amide bonds. The molecule has 64 valence electrons. The van der Waals surface area contributed by atoms with E-state index in [0.29, 0.717) is 5.13 Å². The van der Waals surface area contributed by atoms with Gasteiger partial charge in [0.2, 0.25) is 5.13 Å². The fourth-order valence-corrected chi connectivity index (χ4v) is 1.26. The average molecular weight is 266 g/mol. The summed E-state index contributed by atoms with van der Waals surface area (Å²) in [5.74, 6) is 0. The van der Waals surface area contributed by atoms with E-state index in [1.807, 2.05) is 0 Å². The number of hydrogen-bond acceptors (Lipinski definition) is 7. The number of halogens is 1. The minimum Gasteiger partial charge on any atom is -0.374 e. The van der Waals surface area contributed by atoms with Crippen LogP contribution in [0.15, 0.2) is 14.9 Å². The fourth-order valence-electron chi connectivity index (χ4n) is 0.341. The van der Waals surface area contributed by atoms with Crippen molar-refractivity contribution in [1.82, 2.24) is 20.4 Å². The molecule has 2 rings (SSSR count). The third-order valence-electron chi connectivity index (χ3n) is 0.710. The van der Waals surface area contributed by atoms with E-state index in [4.69, 9.17) is 5.73 Å². The van der Waals surface area contributed by atoms with Crippen LogP contribution in [-0.4, -0.2) is 20.4 Å². The van der Waals surface area contributed by atoms with Crippen LogP contribution in [0.4, 0.5) is 5.13 Å². The van der Waals surface area contributed by atoms with Crippen molar-refractivity contribution in [2.45, 2.75) is 0 Å². The van der Waals surface area contributed by atoms with Gasteiger partial charge in [0, 0.05) is 0 Å². The Kier molecular flexibility index (Phi) is 4.05. The normalized spacial score (nSPS) is 8.75. The second-order valence-corrected chi connectivity index (χ2v) is 4.44. The highest BCUT2D eigenvalue weighted by Crippen LogP contribution is 2.07. The van der Waals surface area contributed by atoms with Crippen molar-refractivity contribution >= 4 is 43.7 Å². The highest BCUT2D eigenvalue weighted by molar-refractivity contribution is 9.11. The number of nitrogens with two attached hydrogens (primary N) is 1. The van der Waals surface area contributed by atoms with Crippen molar-refractivity contribution in [3.8, 4) is 0 Å². The summed E-state index contributed by atoms with van der Waals surface area (Å²) >= 11 is 5.93. The number of nitrogens with zero attached hydrogens (tertiary/aromatic N) is 4. The molecule has 0 saturated heterocycles. The summed E-state index contributed by atoms with van der Waals surface area (Å²) in [6.07, 6.45) is 0. The van der Waals surface area contributed by atoms with Gasteiger partial charge < -0.3 is 5.73 Å². The molecule has 0 saturated carbocycles. The van der Waals surface area contributed by atoms with Gasteiger partial charge in [0.05, 0.1) is 0 Å². The molecule has 2 N–H and O–H groups in total. The van der Waals surface area contributed by atoms with Crippen LogP contribution in [0.3, 0.4) is 0 Å². The lowest BCUT2D eigenvalue weighted by Gasteiger charge is -1.64. The first-order valence-corrected chi connectivity index (χ1v) is 5.27. The van der Waals surface area contributed by atoms with E-state index >= 15 is 0 Å². The summed E-state index contributed by atoms with van der Waals surface area (Å²) in [6.45, 7) is 0. The summed E-state index contributed by atoms with van der Waals surface area (Å²) < 4.78 is 0.836. The summed E-state index contributed by atoms with van der Waals surface area (Å²) in [5, 5.41) is 14.6. The molecule has 0 atom stereocenters. The van der Waals surface area contributed by atoms with Gasteiger partial charge in [-0.1, -0.05) is 22.7 Å². The number of hydrogen-bond donors (Lipinski definition) is 1. The fraction of sp³-hybridized carbons (Fsp3) is 0. The Bertz CT molecular complexity index is 261. The van der Waals surface area contributed by atoms with E-state index in [1.165, 1.54) is 22.7 Å². The van der Waals surface area contributed by atoms with Crippen molar-refractivity contribution in [2.75, 3.05) is 5.73 Å². The highest BCUT2D eigenvalue weighted by atomic mass is 79.9. The Morgan fingerprint density at radius 1 is 1.17 bits per heavy atom. The minimum atomic E-state index is 0.523. The maximum Gasteiger partial charge on any atom is 0.202 e. The Morgan fingerprint density at radius 3 is 2.00 bits per heavy atom. The molecule has 0 radical (unpaired) electrons. The largest absolute Gasteiger partial charge is 0.374 e. The lowest BCUT2D eigenvalue weighted by molar-refractivity contribution is 1.07. The highest BCUT2D eigenvalue weighted by Gasteiger charge is 1.81. The van der Waals surface area contributed by atoms with Gasteiger partial charge in [-0.25, -0.2) is 0 Å². The van der Waals surface area contributed by atoms with Crippen molar-refractivity contribution < 1.29 is 0 Å². The van der Waals surface area contributed by atoms with Gasteiger partial charge in [-0.2, -0.15) is 0 Å². The minimum absolute atomic E-state index is 0.523. The van der Waals surface area contributed by atoms with E-state index < -0.39 is 0 Å². The average Bonchev–Trinajstić information content (AvgIpc) is 2.63.